The standard InChI is InChI=1S/C35H33ClF7N9O5/c1-32(2,3)16-34(21-7-4-18(5-8-21)20-13-45-50(14-20)28(39)40)27(53)51(29(48-34)47-30(54)55)24(15-57-31(56)49-33(10-11-33)35(41,42)43)19-6-9-22(36)23(12-19)52-26(25(37)38)44-17-46-52/h4-9,12-14,17,24-25,28H,10-11,15-16H2,1-3H3,(H,47,48)(H,49,56)(H,54,55)/t24-,34?/m1/s1. The minimum Gasteiger partial charge on any atom is -0.465 e. The summed E-state index contributed by atoms with van der Waals surface area (Å²) in [6, 6.07) is 8.16. The Bertz CT molecular complexity index is 2200. The van der Waals surface area contributed by atoms with E-state index < -0.39 is 91.0 Å². The number of nitrogens with zero attached hydrogens (tertiary/aromatic N) is 7. The van der Waals surface area contributed by atoms with Crippen LogP contribution in [0.5, 0.6) is 0 Å². The Labute approximate surface area is 323 Å². The van der Waals surface area contributed by atoms with Crippen molar-refractivity contribution in [1.29, 1.82) is 0 Å². The first-order valence-electron chi connectivity index (χ1n) is 17.0. The lowest BCUT2D eigenvalue weighted by Crippen LogP contribution is -2.51. The van der Waals surface area contributed by atoms with Crippen molar-refractivity contribution >= 4 is 35.7 Å². The molecule has 14 nitrogen and oxygen atoms in total. The number of alkyl halides is 7. The van der Waals surface area contributed by atoms with Crippen LogP contribution in [0.1, 0.15) is 76.0 Å². The zero-order valence-corrected chi connectivity index (χ0v) is 30.8. The normalized spacial score (nSPS) is 18.5. The SMILES string of the molecule is CC(C)(C)CC1(c2ccc(-c3cnn(C(F)F)c3)cc2)N=C(NC(=O)O)N([C@H](COC(=O)NC2(C(F)(F)F)CC2)c2ccc(Cl)c(-n3ncnc3C(F)F)c2)C1=O. The summed E-state index contributed by atoms with van der Waals surface area (Å²) < 4.78 is 102. The number of benzene rings is 2. The van der Waals surface area contributed by atoms with Crippen LogP contribution in [0.4, 0.5) is 40.3 Å². The highest BCUT2D eigenvalue weighted by atomic mass is 35.5. The van der Waals surface area contributed by atoms with Crippen LogP contribution in [0.15, 0.2) is 66.2 Å². The molecular formula is C35H33ClF7N9O5. The number of carbonyl (C=O) groups excluding carboxylic acids is 2. The van der Waals surface area contributed by atoms with Crippen LogP contribution in [-0.4, -0.2) is 76.9 Å². The molecule has 1 saturated carbocycles. The van der Waals surface area contributed by atoms with Gasteiger partial charge in [-0.25, -0.2) is 37.7 Å². The van der Waals surface area contributed by atoms with Gasteiger partial charge in [-0.3, -0.25) is 15.0 Å². The molecule has 2 atom stereocenters. The number of rotatable bonds is 11. The molecule has 1 fully saturated rings. The summed E-state index contributed by atoms with van der Waals surface area (Å²) in [7, 11) is 0. The highest BCUT2D eigenvalue weighted by Crippen LogP contribution is 2.49. The van der Waals surface area contributed by atoms with Crippen LogP contribution >= 0.6 is 11.6 Å². The van der Waals surface area contributed by atoms with Crippen molar-refractivity contribution in [2.45, 2.75) is 76.3 Å². The Morgan fingerprint density at radius 3 is 2.26 bits per heavy atom. The number of ether oxygens (including phenoxy) is 1. The first-order chi connectivity index (χ1) is 26.6. The molecular weight excluding hydrogens is 795 g/mol. The van der Waals surface area contributed by atoms with Crippen molar-refractivity contribution in [2.75, 3.05) is 6.61 Å². The summed E-state index contributed by atoms with van der Waals surface area (Å²) in [6.45, 7) is 1.53. The molecule has 0 spiro atoms. The molecule has 3 amide bonds. The number of halogens is 8. The molecule has 2 aromatic heterocycles. The van der Waals surface area contributed by atoms with E-state index in [-0.39, 0.29) is 28.3 Å². The molecule has 22 heteroatoms. The highest BCUT2D eigenvalue weighted by Gasteiger charge is 2.64. The Morgan fingerprint density at radius 1 is 1.02 bits per heavy atom. The maximum Gasteiger partial charge on any atom is 0.411 e. The topological polar surface area (TPSA) is 169 Å². The fraction of sp³-hybridized carbons (Fsp3) is 0.400. The van der Waals surface area contributed by atoms with E-state index in [4.69, 9.17) is 16.3 Å². The van der Waals surface area contributed by atoms with Crippen molar-refractivity contribution in [1.82, 2.24) is 40.1 Å². The molecule has 2 aliphatic rings. The monoisotopic (exact) mass is 827 g/mol. The zero-order chi connectivity index (χ0) is 41.7. The second-order valence-electron chi connectivity index (χ2n) is 14.6. The predicted molar refractivity (Wildman–Crippen MR) is 187 cm³/mol. The first-order valence-corrected chi connectivity index (χ1v) is 17.4. The third-order valence-electron chi connectivity index (χ3n) is 9.27. The summed E-state index contributed by atoms with van der Waals surface area (Å²) in [5.41, 5.74) is -4.40. The van der Waals surface area contributed by atoms with E-state index in [2.05, 4.69) is 25.5 Å². The summed E-state index contributed by atoms with van der Waals surface area (Å²) in [5.74, 6) is -2.27. The third kappa shape index (κ3) is 8.23. The van der Waals surface area contributed by atoms with Gasteiger partial charge in [-0.05, 0) is 53.5 Å². The predicted octanol–water partition coefficient (Wildman–Crippen LogP) is 7.78. The van der Waals surface area contributed by atoms with Gasteiger partial charge < -0.3 is 15.2 Å². The van der Waals surface area contributed by atoms with E-state index in [1.165, 1.54) is 48.7 Å². The summed E-state index contributed by atoms with van der Waals surface area (Å²) in [5, 5.41) is 21.2. The molecule has 1 unspecified atom stereocenters. The molecule has 6 rings (SSSR count). The molecule has 0 bridgehead atoms. The van der Waals surface area contributed by atoms with E-state index in [0.29, 0.717) is 20.5 Å². The van der Waals surface area contributed by atoms with Gasteiger partial charge in [0.1, 0.15) is 18.5 Å². The largest absolute Gasteiger partial charge is 0.465 e. The lowest BCUT2D eigenvalue weighted by atomic mass is 9.75. The van der Waals surface area contributed by atoms with Crippen LogP contribution in [-0.2, 0) is 15.1 Å². The summed E-state index contributed by atoms with van der Waals surface area (Å²) >= 11 is 6.40. The highest BCUT2D eigenvalue weighted by molar-refractivity contribution is 6.32. The van der Waals surface area contributed by atoms with Gasteiger partial charge in [0.05, 0.1) is 22.9 Å². The van der Waals surface area contributed by atoms with Gasteiger partial charge in [0.25, 0.3) is 12.3 Å². The number of alkyl carbamates (subject to hydrolysis) is 1. The molecule has 3 N–H and O–H groups in total. The lowest BCUT2D eigenvalue weighted by molar-refractivity contribution is -0.164. The Balaban J connectivity index is 1.46. The van der Waals surface area contributed by atoms with Crippen LogP contribution in [0.25, 0.3) is 16.8 Å². The Kier molecular flexibility index (Phi) is 10.8. The van der Waals surface area contributed by atoms with Gasteiger partial charge >= 0.3 is 24.9 Å². The van der Waals surface area contributed by atoms with E-state index in [1.54, 1.807) is 20.8 Å². The third-order valence-corrected chi connectivity index (χ3v) is 9.59. The van der Waals surface area contributed by atoms with Gasteiger partial charge in [0.15, 0.2) is 11.4 Å². The van der Waals surface area contributed by atoms with Crippen molar-refractivity contribution in [3.63, 3.8) is 0 Å². The van der Waals surface area contributed by atoms with Gasteiger partial charge in [-0.1, -0.05) is 62.7 Å². The quantitative estimate of drug-likeness (QED) is 0.129. The second kappa shape index (κ2) is 15.0. The average molecular weight is 828 g/mol. The number of amides is 3. The zero-order valence-electron chi connectivity index (χ0n) is 30.1. The van der Waals surface area contributed by atoms with Gasteiger partial charge in [-0.2, -0.15) is 32.1 Å². The molecule has 0 saturated heterocycles. The molecule has 1 aliphatic heterocycles. The number of aromatic nitrogens is 5. The number of guanidine groups is 1. The number of nitrogens with one attached hydrogen (secondary N) is 2. The average Bonchev–Trinajstić information content (AvgIpc) is 3.43. The van der Waals surface area contributed by atoms with Crippen molar-refractivity contribution in [3.8, 4) is 16.8 Å². The van der Waals surface area contributed by atoms with Gasteiger partial charge in [-0.15, -0.1) is 0 Å². The van der Waals surface area contributed by atoms with E-state index in [1.807, 2.05) is 5.32 Å². The van der Waals surface area contributed by atoms with Gasteiger partial charge in [0, 0.05) is 11.8 Å². The molecule has 1 aliphatic carbocycles. The number of carbonyl (C=O) groups is 3. The smallest absolute Gasteiger partial charge is 0.411 e. The maximum absolute atomic E-state index is 15.1. The minimum absolute atomic E-state index is 0.0268. The Hall–Kier alpha value is -5.73. The fourth-order valence-electron chi connectivity index (χ4n) is 6.55. The second-order valence-corrected chi connectivity index (χ2v) is 15.0. The molecule has 0 radical (unpaired) electrons. The van der Waals surface area contributed by atoms with Crippen LogP contribution in [0.3, 0.4) is 0 Å². The van der Waals surface area contributed by atoms with Gasteiger partial charge in [0.2, 0.25) is 5.96 Å². The maximum atomic E-state index is 15.1. The van der Waals surface area contributed by atoms with E-state index >= 15 is 4.79 Å². The van der Waals surface area contributed by atoms with E-state index in [0.717, 1.165) is 17.4 Å². The number of hydrogen-bond donors (Lipinski definition) is 3. The number of carboxylic acid groups (broad SMARTS) is 1. The lowest BCUT2D eigenvalue weighted by Gasteiger charge is -2.35. The number of aliphatic imine (C=N–C) groups is 1. The number of hydrogen-bond acceptors (Lipinski definition) is 8. The molecule has 304 valence electrons. The molecule has 4 aromatic rings. The van der Waals surface area contributed by atoms with Crippen LogP contribution < -0.4 is 10.6 Å². The summed E-state index contributed by atoms with van der Waals surface area (Å²) in [4.78, 5) is 49.3. The van der Waals surface area contributed by atoms with E-state index in [9.17, 15) is 45.4 Å². The molecule has 3 heterocycles. The van der Waals surface area contributed by atoms with Crippen LogP contribution in [0, 0.1) is 5.41 Å². The van der Waals surface area contributed by atoms with Crippen molar-refractivity contribution < 1.29 is 55.0 Å². The first kappa shape index (κ1) is 40.9. The molecule has 2 aromatic carbocycles. The summed E-state index contributed by atoms with van der Waals surface area (Å²) in [6.07, 6.45) is -8.84. The molecule has 57 heavy (non-hydrogen) atoms. The fourth-order valence-corrected chi connectivity index (χ4v) is 6.75. The van der Waals surface area contributed by atoms with Crippen LogP contribution in [0.2, 0.25) is 5.02 Å². The Morgan fingerprint density at radius 2 is 1.70 bits per heavy atom. The van der Waals surface area contributed by atoms with Crippen molar-refractivity contribution in [2.24, 2.45) is 10.4 Å². The van der Waals surface area contributed by atoms with Crippen molar-refractivity contribution in [3.05, 3.63) is 83.2 Å². The minimum atomic E-state index is -4.81.